The van der Waals surface area contributed by atoms with Gasteiger partial charge in [-0.25, -0.2) is 0 Å². The molecular weight excluding hydrogens is 258 g/mol. The second-order valence-electron chi connectivity index (χ2n) is 3.11. The number of benzene rings is 1. The van der Waals surface area contributed by atoms with Crippen molar-refractivity contribution in [1.29, 1.82) is 0 Å². The summed E-state index contributed by atoms with van der Waals surface area (Å²) in [5, 5.41) is 3.34. The fourth-order valence-electron chi connectivity index (χ4n) is 1.11. The second-order valence-corrected chi connectivity index (χ2v) is 4.03. The molecule has 0 aliphatic rings. The highest BCUT2D eigenvalue weighted by Gasteiger charge is 2.06. The quantitative estimate of drug-likeness (QED) is 0.296. The molecule has 0 spiro atoms. The zero-order chi connectivity index (χ0) is 11.3. The van der Waals surface area contributed by atoms with Gasteiger partial charge in [0.1, 0.15) is 6.34 Å². The molecule has 0 radical (unpaired) electrons. The standard InChI is InChI=1S/C10H12BrN3O/c1-14(7-13-12)6-10(15)8-2-4-9(11)5-3-8/h2-5,7H,6,12H2,1H3. The molecule has 0 saturated carbocycles. The Morgan fingerprint density at radius 2 is 2.13 bits per heavy atom. The molecular formula is C10H12BrN3O. The lowest BCUT2D eigenvalue weighted by Gasteiger charge is -2.10. The van der Waals surface area contributed by atoms with Crippen LogP contribution < -0.4 is 5.84 Å². The maximum absolute atomic E-state index is 11.7. The number of rotatable bonds is 4. The Kier molecular flexibility index (Phi) is 4.30. The molecule has 0 aliphatic heterocycles. The van der Waals surface area contributed by atoms with Crippen molar-refractivity contribution in [2.75, 3.05) is 13.6 Å². The summed E-state index contributed by atoms with van der Waals surface area (Å²) in [6.07, 6.45) is 1.41. The monoisotopic (exact) mass is 269 g/mol. The number of carbonyl (C=O) groups is 1. The SMILES string of the molecule is CN(C=NN)CC(=O)c1ccc(Br)cc1. The number of carbonyl (C=O) groups excluding carboxylic acids is 1. The van der Waals surface area contributed by atoms with Crippen LogP contribution in [0.15, 0.2) is 33.8 Å². The average Bonchev–Trinajstić information content (AvgIpc) is 2.18. The molecule has 0 aromatic heterocycles. The predicted molar refractivity (Wildman–Crippen MR) is 63.8 cm³/mol. The Balaban J connectivity index is 2.65. The molecule has 0 atom stereocenters. The van der Waals surface area contributed by atoms with Crippen LogP contribution in [0.4, 0.5) is 0 Å². The Morgan fingerprint density at radius 1 is 1.53 bits per heavy atom. The summed E-state index contributed by atoms with van der Waals surface area (Å²) < 4.78 is 0.955. The van der Waals surface area contributed by atoms with Crippen molar-refractivity contribution in [2.24, 2.45) is 10.9 Å². The Bertz CT molecular complexity index is 361. The Hall–Kier alpha value is -1.36. The predicted octanol–water partition coefficient (Wildman–Crippen LogP) is 1.47. The third-order valence-corrected chi connectivity index (χ3v) is 2.35. The van der Waals surface area contributed by atoms with E-state index in [1.807, 2.05) is 12.1 Å². The topological polar surface area (TPSA) is 58.7 Å². The van der Waals surface area contributed by atoms with E-state index in [0.29, 0.717) is 5.56 Å². The van der Waals surface area contributed by atoms with Gasteiger partial charge in [-0.2, -0.15) is 5.10 Å². The Morgan fingerprint density at radius 3 is 2.67 bits per heavy atom. The summed E-state index contributed by atoms with van der Waals surface area (Å²) in [7, 11) is 1.74. The van der Waals surface area contributed by atoms with E-state index >= 15 is 0 Å². The van der Waals surface area contributed by atoms with Crippen molar-refractivity contribution in [1.82, 2.24) is 4.90 Å². The molecule has 0 bridgehead atoms. The molecule has 0 amide bonds. The number of halogens is 1. The summed E-state index contributed by atoms with van der Waals surface area (Å²) in [6.45, 7) is 0.266. The first kappa shape index (κ1) is 11.7. The molecule has 0 aliphatic carbocycles. The summed E-state index contributed by atoms with van der Waals surface area (Å²) in [5.74, 6) is 5.01. The average molecular weight is 270 g/mol. The lowest BCUT2D eigenvalue weighted by Crippen LogP contribution is -2.25. The molecule has 5 heteroatoms. The molecule has 0 saturated heterocycles. The highest BCUT2D eigenvalue weighted by molar-refractivity contribution is 9.10. The molecule has 2 N–H and O–H groups in total. The van der Waals surface area contributed by atoms with Gasteiger partial charge in [0.2, 0.25) is 0 Å². The molecule has 1 rings (SSSR count). The minimum Gasteiger partial charge on any atom is -0.357 e. The van der Waals surface area contributed by atoms with E-state index in [1.54, 1.807) is 24.1 Å². The van der Waals surface area contributed by atoms with E-state index in [1.165, 1.54) is 6.34 Å². The van der Waals surface area contributed by atoms with Crippen LogP contribution in [0.25, 0.3) is 0 Å². The molecule has 0 heterocycles. The molecule has 0 unspecified atom stereocenters. The summed E-state index contributed by atoms with van der Waals surface area (Å²) >= 11 is 3.31. The van der Waals surface area contributed by atoms with Crippen LogP contribution in [0.2, 0.25) is 0 Å². The van der Waals surface area contributed by atoms with Gasteiger partial charge in [-0.3, -0.25) is 4.79 Å². The number of hydrogen-bond acceptors (Lipinski definition) is 3. The number of nitrogens with zero attached hydrogens (tertiary/aromatic N) is 2. The second kappa shape index (κ2) is 5.50. The van der Waals surface area contributed by atoms with E-state index in [9.17, 15) is 4.79 Å². The van der Waals surface area contributed by atoms with E-state index in [4.69, 9.17) is 5.84 Å². The Labute approximate surface area is 96.9 Å². The number of Topliss-reactive ketones (excluding diaryl/α,β-unsaturated/α-hetero) is 1. The van der Waals surface area contributed by atoms with Crippen molar-refractivity contribution in [3.63, 3.8) is 0 Å². The smallest absolute Gasteiger partial charge is 0.182 e. The normalized spacial score (nSPS) is 10.5. The maximum Gasteiger partial charge on any atom is 0.182 e. The van der Waals surface area contributed by atoms with Crippen molar-refractivity contribution >= 4 is 28.1 Å². The minimum absolute atomic E-state index is 0.0323. The largest absolute Gasteiger partial charge is 0.357 e. The first-order valence-electron chi connectivity index (χ1n) is 4.36. The van der Waals surface area contributed by atoms with Gasteiger partial charge in [-0.1, -0.05) is 28.1 Å². The highest BCUT2D eigenvalue weighted by atomic mass is 79.9. The van der Waals surface area contributed by atoms with Gasteiger partial charge in [0.15, 0.2) is 5.78 Å². The summed E-state index contributed by atoms with van der Waals surface area (Å²) in [4.78, 5) is 13.3. The highest BCUT2D eigenvalue weighted by Crippen LogP contribution is 2.10. The summed E-state index contributed by atoms with van der Waals surface area (Å²) in [6, 6.07) is 7.23. The van der Waals surface area contributed by atoms with Gasteiger partial charge in [0, 0.05) is 17.1 Å². The fraction of sp³-hybridized carbons (Fsp3) is 0.200. The lowest BCUT2D eigenvalue weighted by molar-refractivity contribution is 0.0971. The van der Waals surface area contributed by atoms with Crippen LogP contribution in [-0.4, -0.2) is 30.6 Å². The van der Waals surface area contributed by atoms with Crippen molar-refractivity contribution < 1.29 is 4.79 Å². The van der Waals surface area contributed by atoms with Crippen LogP contribution >= 0.6 is 15.9 Å². The van der Waals surface area contributed by atoms with Gasteiger partial charge in [-0.05, 0) is 12.1 Å². The summed E-state index contributed by atoms with van der Waals surface area (Å²) in [5.41, 5.74) is 0.676. The van der Waals surface area contributed by atoms with E-state index in [2.05, 4.69) is 21.0 Å². The maximum atomic E-state index is 11.7. The number of hydrazone groups is 1. The molecule has 80 valence electrons. The van der Waals surface area contributed by atoms with Crippen molar-refractivity contribution in [3.8, 4) is 0 Å². The third kappa shape index (κ3) is 3.71. The zero-order valence-electron chi connectivity index (χ0n) is 8.35. The molecule has 15 heavy (non-hydrogen) atoms. The number of likely N-dealkylation sites (N-methyl/N-ethyl adjacent to an activating group) is 1. The number of hydrogen-bond donors (Lipinski definition) is 1. The number of nitrogens with two attached hydrogens (primary N) is 1. The first-order valence-corrected chi connectivity index (χ1v) is 5.15. The van der Waals surface area contributed by atoms with Crippen LogP contribution in [-0.2, 0) is 0 Å². The van der Waals surface area contributed by atoms with Gasteiger partial charge >= 0.3 is 0 Å². The first-order chi connectivity index (χ1) is 7.13. The van der Waals surface area contributed by atoms with Crippen LogP contribution in [0, 0.1) is 0 Å². The molecule has 1 aromatic rings. The van der Waals surface area contributed by atoms with Crippen molar-refractivity contribution in [3.05, 3.63) is 34.3 Å². The van der Waals surface area contributed by atoms with E-state index < -0.39 is 0 Å². The minimum atomic E-state index is 0.0323. The fourth-order valence-corrected chi connectivity index (χ4v) is 1.37. The third-order valence-electron chi connectivity index (χ3n) is 1.82. The van der Waals surface area contributed by atoms with Crippen LogP contribution in [0.5, 0.6) is 0 Å². The molecule has 0 fully saturated rings. The van der Waals surface area contributed by atoms with Gasteiger partial charge in [-0.15, -0.1) is 0 Å². The van der Waals surface area contributed by atoms with Gasteiger partial charge < -0.3 is 10.7 Å². The van der Waals surface area contributed by atoms with Gasteiger partial charge in [0.25, 0.3) is 0 Å². The van der Waals surface area contributed by atoms with E-state index in [-0.39, 0.29) is 12.3 Å². The van der Waals surface area contributed by atoms with Crippen LogP contribution in [0.3, 0.4) is 0 Å². The molecule has 1 aromatic carbocycles. The molecule has 4 nitrogen and oxygen atoms in total. The van der Waals surface area contributed by atoms with Crippen molar-refractivity contribution in [2.45, 2.75) is 0 Å². The lowest BCUT2D eigenvalue weighted by atomic mass is 10.1. The van der Waals surface area contributed by atoms with E-state index in [0.717, 1.165) is 4.47 Å². The van der Waals surface area contributed by atoms with Crippen LogP contribution in [0.1, 0.15) is 10.4 Å². The number of ketones is 1. The van der Waals surface area contributed by atoms with Gasteiger partial charge in [0.05, 0.1) is 6.54 Å². The zero-order valence-corrected chi connectivity index (χ0v) is 9.94.